The van der Waals surface area contributed by atoms with Crippen molar-refractivity contribution in [2.75, 3.05) is 0 Å². The van der Waals surface area contributed by atoms with Gasteiger partial charge in [0.25, 0.3) is 0 Å². The normalized spacial score (nSPS) is 30.7. The van der Waals surface area contributed by atoms with Gasteiger partial charge in [0.05, 0.1) is 0 Å². The summed E-state index contributed by atoms with van der Waals surface area (Å²) in [4.78, 5) is 0. The maximum absolute atomic E-state index is 5.90. The lowest BCUT2D eigenvalue weighted by atomic mass is 10.0. The predicted octanol–water partition coefficient (Wildman–Crippen LogP) is 2.92. The predicted molar refractivity (Wildman–Crippen MR) is 57.1 cm³/mol. The highest BCUT2D eigenvalue weighted by atomic mass is 14.6. The van der Waals surface area contributed by atoms with Crippen molar-refractivity contribution in [1.29, 1.82) is 0 Å². The molecule has 1 rings (SSSR count). The van der Waals surface area contributed by atoms with Crippen LogP contribution in [0.4, 0.5) is 0 Å². The van der Waals surface area contributed by atoms with E-state index < -0.39 is 0 Å². The third-order valence-electron chi connectivity index (χ3n) is 2.13. The Morgan fingerprint density at radius 1 is 1.54 bits per heavy atom. The van der Waals surface area contributed by atoms with E-state index in [4.69, 9.17) is 5.73 Å². The molecule has 1 aliphatic carbocycles. The number of nitrogens with two attached hydrogens (primary N) is 1. The monoisotopic (exact) mass is 175 g/mol. The largest absolute Gasteiger partial charge is 0.398 e. The zero-order valence-corrected chi connectivity index (χ0v) is 8.59. The number of allylic oxidation sites excluding steroid dienone is 4. The summed E-state index contributed by atoms with van der Waals surface area (Å²) >= 11 is 0. The van der Waals surface area contributed by atoms with E-state index in [-0.39, 0.29) is 0 Å². The zero-order chi connectivity index (χ0) is 9.84. The van der Waals surface area contributed by atoms with Crippen LogP contribution in [-0.4, -0.2) is 0 Å². The molecule has 1 atom stereocenters. The Hall–Kier alpha value is -1.20. The standard InChI is InChI=1S/C12H17N/c1-4-11-6-5-9(2)7-10(3)8-12(11)13/h5,7-9H,4,13H2,1-3H3/b10-7-,12-8+. The van der Waals surface area contributed by atoms with Crippen molar-refractivity contribution in [1.82, 2.24) is 0 Å². The Morgan fingerprint density at radius 2 is 2.23 bits per heavy atom. The van der Waals surface area contributed by atoms with E-state index in [0.29, 0.717) is 5.92 Å². The van der Waals surface area contributed by atoms with E-state index in [9.17, 15) is 0 Å². The van der Waals surface area contributed by atoms with Crippen LogP contribution in [0.15, 0.2) is 40.8 Å². The highest BCUT2D eigenvalue weighted by molar-refractivity contribution is 5.36. The fourth-order valence-corrected chi connectivity index (χ4v) is 1.46. The first kappa shape index (κ1) is 9.88. The number of hydrogen-bond donors (Lipinski definition) is 1. The van der Waals surface area contributed by atoms with Crippen LogP contribution in [0.1, 0.15) is 27.2 Å². The van der Waals surface area contributed by atoms with Gasteiger partial charge in [-0.05, 0) is 31.4 Å². The van der Waals surface area contributed by atoms with Crippen molar-refractivity contribution < 1.29 is 0 Å². The van der Waals surface area contributed by atoms with E-state index in [1.54, 1.807) is 0 Å². The summed E-state index contributed by atoms with van der Waals surface area (Å²) in [5, 5.41) is 0. The van der Waals surface area contributed by atoms with Gasteiger partial charge in [0.2, 0.25) is 0 Å². The van der Waals surface area contributed by atoms with Crippen LogP contribution in [-0.2, 0) is 0 Å². The smallest absolute Gasteiger partial charge is 0.0427 e. The van der Waals surface area contributed by atoms with Gasteiger partial charge in [0.1, 0.15) is 0 Å². The summed E-state index contributed by atoms with van der Waals surface area (Å²) in [5.41, 5.74) is 12.3. The SMILES string of the molecule is CCC1=C=CC(C)/C=C(C)\C=C/1N. The number of hydrogen-bond acceptors (Lipinski definition) is 1. The molecule has 0 aromatic heterocycles. The average Bonchev–Trinajstić information content (AvgIpc) is 2.02. The molecule has 1 nitrogen and oxygen atoms in total. The molecule has 1 heteroatoms. The zero-order valence-electron chi connectivity index (χ0n) is 8.59. The molecule has 70 valence electrons. The van der Waals surface area contributed by atoms with Gasteiger partial charge >= 0.3 is 0 Å². The third-order valence-corrected chi connectivity index (χ3v) is 2.13. The minimum atomic E-state index is 0.450. The van der Waals surface area contributed by atoms with Crippen LogP contribution >= 0.6 is 0 Å². The van der Waals surface area contributed by atoms with Crippen molar-refractivity contribution in [2.45, 2.75) is 27.2 Å². The highest BCUT2D eigenvalue weighted by Gasteiger charge is 2.01. The Morgan fingerprint density at radius 3 is 2.85 bits per heavy atom. The molecule has 0 bridgehead atoms. The molecule has 13 heavy (non-hydrogen) atoms. The molecule has 0 saturated heterocycles. The van der Waals surface area contributed by atoms with Crippen LogP contribution in [0.3, 0.4) is 0 Å². The first-order chi connectivity index (χ1) is 6.13. The van der Waals surface area contributed by atoms with Crippen molar-refractivity contribution in [3.8, 4) is 0 Å². The van der Waals surface area contributed by atoms with Crippen LogP contribution in [0.2, 0.25) is 0 Å². The summed E-state index contributed by atoms with van der Waals surface area (Å²) in [6.07, 6.45) is 7.22. The summed E-state index contributed by atoms with van der Waals surface area (Å²) in [6, 6.07) is 0. The van der Waals surface area contributed by atoms with Crippen molar-refractivity contribution >= 4 is 0 Å². The van der Waals surface area contributed by atoms with Gasteiger partial charge in [-0.3, -0.25) is 0 Å². The second kappa shape index (κ2) is 4.15. The van der Waals surface area contributed by atoms with Crippen molar-refractivity contribution in [3.63, 3.8) is 0 Å². The van der Waals surface area contributed by atoms with Gasteiger partial charge in [-0.1, -0.05) is 25.5 Å². The van der Waals surface area contributed by atoms with Gasteiger partial charge in [-0.15, -0.1) is 5.73 Å². The quantitative estimate of drug-likeness (QED) is 0.609. The van der Waals surface area contributed by atoms with E-state index >= 15 is 0 Å². The molecule has 0 radical (unpaired) electrons. The fraction of sp³-hybridized carbons (Fsp3) is 0.417. The molecule has 0 heterocycles. The minimum absolute atomic E-state index is 0.450. The van der Waals surface area contributed by atoms with E-state index in [0.717, 1.165) is 17.7 Å². The van der Waals surface area contributed by atoms with Gasteiger partial charge in [0, 0.05) is 11.3 Å². The van der Waals surface area contributed by atoms with Gasteiger partial charge in [-0.2, -0.15) is 0 Å². The average molecular weight is 175 g/mol. The van der Waals surface area contributed by atoms with E-state index in [1.807, 2.05) is 6.08 Å². The third kappa shape index (κ3) is 2.64. The van der Waals surface area contributed by atoms with E-state index in [2.05, 4.69) is 38.7 Å². The molecule has 0 aliphatic heterocycles. The van der Waals surface area contributed by atoms with E-state index in [1.165, 1.54) is 5.57 Å². The van der Waals surface area contributed by atoms with Gasteiger partial charge in [-0.25, -0.2) is 0 Å². The second-order valence-corrected chi connectivity index (χ2v) is 3.51. The Labute approximate surface area is 80.3 Å². The molecule has 2 N–H and O–H groups in total. The summed E-state index contributed by atoms with van der Waals surface area (Å²) in [6.45, 7) is 6.33. The molecule has 0 aromatic carbocycles. The maximum Gasteiger partial charge on any atom is 0.0427 e. The maximum atomic E-state index is 5.90. The molecule has 0 fully saturated rings. The van der Waals surface area contributed by atoms with Crippen LogP contribution in [0, 0.1) is 5.92 Å². The molecular weight excluding hydrogens is 158 g/mol. The molecule has 1 unspecified atom stereocenters. The molecule has 0 saturated carbocycles. The van der Waals surface area contributed by atoms with Crippen molar-refractivity contribution in [3.05, 3.63) is 40.8 Å². The van der Waals surface area contributed by atoms with Crippen molar-refractivity contribution in [2.24, 2.45) is 11.7 Å². The Bertz CT molecular complexity index is 312. The highest BCUT2D eigenvalue weighted by Crippen LogP contribution is 2.15. The lowest BCUT2D eigenvalue weighted by Gasteiger charge is -2.07. The molecule has 0 amide bonds. The molecule has 0 aromatic rings. The number of rotatable bonds is 1. The second-order valence-electron chi connectivity index (χ2n) is 3.51. The van der Waals surface area contributed by atoms with Gasteiger partial charge in [0.15, 0.2) is 0 Å². The lowest BCUT2D eigenvalue weighted by Crippen LogP contribution is -2.02. The Kier molecular flexibility index (Phi) is 3.16. The summed E-state index contributed by atoms with van der Waals surface area (Å²) < 4.78 is 0. The minimum Gasteiger partial charge on any atom is -0.398 e. The lowest BCUT2D eigenvalue weighted by molar-refractivity contribution is 0.924. The van der Waals surface area contributed by atoms with Gasteiger partial charge < -0.3 is 5.73 Å². The molecular formula is C12H17N. The topological polar surface area (TPSA) is 26.0 Å². The fourth-order valence-electron chi connectivity index (χ4n) is 1.46. The molecule has 1 aliphatic rings. The van der Waals surface area contributed by atoms with Crippen LogP contribution in [0.25, 0.3) is 0 Å². The first-order valence-electron chi connectivity index (χ1n) is 4.75. The molecule has 0 spiro atoms. The van der Waals surface area contributed by atoms with Crippen LogP contribution < -0.4 is 5.73 Å². The Balaban J connectivity index is 3.11. The summed E-state index contributed by atoms with van der Waals surface area (Å²) in [7, 11) is 0. The van der Waals surface area contributed by atoms with Crippen LogP contribution in [0.5, 0.6) is 0 Å². The first-order valence-corrected chi connectivity index (χ1v) is 4.75. The summed E-state index contributed by atoms with van der Waals surface area (Å²) in [5.74, 6) is 0.450.